The Hall–Kier alpha value is -0.0400. The van der Waals surface area contributed by atoms with Gasteiger partial charge in [0.1, 0.15) is 0 Å². The first-order valence-corrected chi connectivity index (χ1v) is 3.72. The van der Waals surface area contributed by atoms with E-state index in [0.29, 0.717) is 12.1 Å². The van der Waals surface area contributed by atoms with Crippen molar-refractivity contribution < 1.29 is 0 Å². The van der Waals surface area contributed by atoms with Crippen LogP contribution in [0.4, 0.5) is 0 Å². The maximum Gasteiger partial charge on any atom is 0.00410 e. The summed E-state index contributed by atoms with van der Waals surface area (Å²) in [5, 5.41) is 3.40. The van der Waals surface area contributed by atoms with Gasteiger partial charge in [-0.3, -0.25) is 0 Å². The molecule has 0 bridgehead atoms. The standard InChI is InChI=1S/C8H18N/c1-5-6-8(4)9-7(2)3/h7-9H,1,5-6H2,2-4H3. The summed E-state index contributed by atoms with van der Waals surface area (Å²) in [7, 11) is 0. The van der Waals surface area contributed by atoms with Crippen LogP contribution in [-0.2, 0) is 0 Å². The fraction of sp³-hybridized carbons (Fsp3) is 0.875. The molecule has 1 unspecified atom stereocenters. The minimum Gasteiger partial charge on any atom is -0.312 e. The van der Waals surface area contributed by atoms with Gasteiger partial charge in [0.25, 0.3) is 0 Å². The Morgan fingerprint density at radius 2 is 1.89 bits per heavy atom. The molecule has 0 aliphatic rings. The Labute approximate surface area is 58.8 Å². The van der Waals surface area contributed by atoms with E-state index in [9.17, 15) is 0 Å². The molecule has 9 heavy (non-hydrogen) atoms. The van der Waals surface area contributed by atoms with Gasteiger partial charge in [-0.05, 0) is 13.3 Å². The highest BCUT2D eigenvalue weighted by Gasteiger charge is 1.99. The van der Waals surface area contributed by atoms with Crippen molar-refractivity contribution in [1.82, 2.24) is 5.32 Å². The van der Waals surface area contributed by atoms with E-state index in [-0.39, 0.29) is 0 Å². The largest absolute Gasteiger partial charge is 0.312 e. The Bertz CT molecular complexity index is 59.6. The van der Waals surface area contributed by atoms with Gasteiger partial charge < -0.3 is 5.32 Å². The van der Waals surface area contributed by atoms with Crippen LogP contribution in [0.2, 0.25) is 0 Å². The normalized spacial score (nSPS) is 14.3. The summed E-state index contributed by atoms with van der Waals surface area (Å²) in [6.45, 7) is 10.3. The zero-order valence-corrected chi connectivity index (χ0v) is 6.78. The van der Waals surface area contributed by atoms with Crippen LogP contribution in [-0.4, -0.2) is 12.1 Å². The third kappa shape index (κ3) is 5.84. The lowest BCUT2D eigenvalue weighted by Crippen LogP contribution is -2.31. The van der Waals surface area contributed by atoms with E-state index in [4.69, 9.17) is 0 Å². The van der Waals surface area contributed by atoms with E-state index < -0.39 is 0 Å². The smallest absolute Gasteiger partial charge is 0.00410 e. The Balaban J connectivity index is 3.15. The molecule has 1 N–H and O–H groups in total. The second-order valence-corrected chi connectivity index (χ2v) is 2.86. The lowest BCUT2D eigenvalue weighted by Gasteiger charge is -2.15. The molecular formula is C8H18N. The number of nitrogens with one attached hydrogen (secondary N) is 1. The average Bonchev–Trinajstić information content (AvgIpc) is 1.63. The number of hydrogen-bond donors (Lipinski definition) is 1. The first-order valence-electron chi connectivity index (χ1n) is 3.72. The van der Waals surface area contributed by atoms with E-state index in [1.54, 1.807) is 0 Å². The van der Waals surface area contributed by atoms with Crippen molar-refractivity contribution in [2.24, 2.45) is 0 Å². The van der Waals surface area contributed by atoms with Gasteiger partial charge in [0.05, 0.1) is 0 Å². The highest BCUT2D eigenvalue weighted by Crippen LogP contribution is 1.95. The molecule has 0 amide bonds. The van der Waals surface area contributed by atoms with Crippen molar-refractivity contribution in [2.75, 3.05) is 0 Å². The molecule has 0 saturated heterocycles. The van der Waals surface area contributed by atoms with Gasteiger partial charge in [0, 0.05) is 12.1 Å². The van der Waals surface area contributed by atoms with Gasteiger partial charge in [-0.25, -0.2) is 0 Å². The van der Waals surface area contributed by atoms with Crippen molar-refractivity contribution in [2.45, 2.75) is 45.7 Å². The van der Waals surface area contributed by atoms with Crippen LogP contribution in [0.15, 0.2) is 0 Å². The summed E-state index contributed by atoms with van der Waals surface area (Å²) in [6, 6.07) is 1.23. The first-order chi connectivity index (χ1) is 4.16. The summed E-state index contributed by atoms with van der Waals surface area (Å²) in [5.74, 6) is 0. The van der Waals surface area contributed by atoms with Crippen LogP contribution in [0.5, 0.6) is 0 Å². The summed E-state index contributed by atoms with van der Waals surface area (Å²) in [4.78, 5) is 0. The van der Waals surface area contributed by atoms with E-state index in [1.807, 2.05) is 0 Å². The van der Waals surface area contributed by atoms with Gasteiger partial charge in [-0.15, -0.1) is 0 Å². The van der Waals surface area contributed by atoms with E-state index >= 15 is 0 Å². The zero-order valence-electron chi connectivity index (χ0n) is 6.78. The maximum absolute atomic E-state index is 3.79. The average molecular weight is 128 g/mol. The molecule has 0 fully saturated rings. The molecule has 0 aromatic carbocycles. The van der Waals surface area contributed by atoms with Gasteiger partial charge in [-0.2, -0.15) is 0 Å². The topological polar surface area (TPSA) is 12.0 Å². The van der Waals surface area contributed by atoms with Gasteiger partial charge in [0.15, 0.2) is 0 Å². The molecule has 0 aromatic heterocycles. The van der Waals surface area contributed by atoms with Crippen LogP contribution in [0.1, 0.15) is 33.6 Å². The molecule has 0 spiro atoms. The van der Waals surface area contributed by atoms with E-state index in [2.05, 4.69) is 33.0 Å². The molecule has 0 aliphatic carbocycles. The van der Waals surface area contributed by atoms with Crippen molar-refractivity contribution >= 4 is 0 Å². The van der Waals surface area contributed by atoms with E-state index in [1.165, 1.54) is 6.42 Å². The Kier molecular flexibility index (Phi) is 4.78. The van der Waals surface area contributed by atoms with Crippen LogP contribution in [0.25, 0.3) is 0 Å². The molecule has 1 nitrogen and oxygen atoms in total. The zero-order chi connectivity index (χ0) is 7.28. The van der Waals surface area contributed by atoms with Crippen LogP contribution in [0, 0.1) is 6.92 Å². The van der Waals surface area contributed by atoms with Crippen LogP contribution < -0.4 is 5.32 Å². The third-order valence-electron chi connectivity index (χ3n) is 1.25. The fourth-order valence-corrected chi connectivity index (χ4v) is 0.959. The molecule has 0 rings (SSSR count). The predicted octanol–water partition coefficient (Wildman–Crippen LogP) is 1.99. The van der Waals surface area contributed by atoms with Gasteiger partial charge >= 0.3 is 0 Å². The second kappa shape index (κ2) is 4.80. The molecule has 1 atom stereocenters. The second-order valence-electron chi connectivity index (χ2n) is 2.86. The quantitative estimate of drug-likeness (QED) is 0.610. The monoisotopic (exact) mass is 128 g/mol. The van der Waals surface area contributed by atoms with Crippen LogP contribution in [0.3, 0.4) is 0 Å². The summed E-state index contributed by atoms with van der Waals surface area (Å²) in [5.41, 5.74) is 0. The third-order valence-corrected chi connectivity index (χ3v) is 1.25. The van der Waals surface area contributed by atoms with Gasteiger partial charge in [0.2, 0.25) is 0 Å². The molecule has 1 radical (unpaired) electrons. The molecule has 0 aromatic rings. The Morgan fingerprint density at radius 1 is 1.33 bits per heavy atom. The maximum atomic E-state index is 3.79. The highest BCUT2D eigenvalue weighted by molar-refractivity contribution is 4.63. The van der Waals surface area contributed by atoms with Crippen molar-refractivity contribution in [3.8, 4) is 0 Å². The molecular weight excluding hydrogens is 110 g/mol. The number of rotatable bonds is 4. The molecule has 0 heterocycles. The lowest BCUT2D eigenvalue weighted by molar-refractivity contribution is 0.468. The summed E-state index contributed by atoms with van der Waals surface area (Å²) in [6.07, 6.45) is 2.21. The minimum atomic E-state index is 0.603. The molecule has 0 saturated carbocycles. The number of hydrogen-bond acceptors (Lipinski definition) is 1. The minimum absolute atomic E-state index is 0.603. The first kappa shape index (κ1) is 8.96. The SMILES string of the molecule is [CH2]CCC(C)NC(C)C. The van der Waals surface area contributed by atoms with Crippen molar-refractivity contribution in [3.63, 3.8) is 0 Å². The lowest BCUT2D eigenvalue weighted by atomic mass is 10.2. The van der Waals surface area contributed by atoms with Crippen molar-refractivity contribution in [1.29, 1.82) is 0 Å². The molecule has 1 heteroatoms. The van der Waals surface area contributed by atoms with Crippen molar-refractivity contribution in [3.05, 3.63) is 6.92 Å². The Morgan fingerprint density at radius 3 is 2.22 bits per heavy atom. The molecule has 55 valence electrons. The van der Waals surface area contributed by atoms with Gasteiger partial charge in [-0.1, -0.05) is 27.2 Å². The highest BCUT2D eigenvalue weighted by atomic mass is 14.9. The molecule has 0 aliphatic heterocycles. The summed E-state index contributed by atoms with van der Waals surface area (Å²) < 4.78 is 0. The van der Waals surface area contributed by atoms with Crippen LogP contribution >= 0.6 is 0 Å². The predicted molar refractivity (Wildman–Crippen MR) is 42.3 cm³/mol. The summed E-state index contributed by atoms with van der Waals surface area (Å²) >= 11 is 0. The van der Waals surface area contributed by atoms with E-state index in [0.717, 1.165) is 6.42 Å². The fourth-order valence-electron chi connectivity index (χ4n) is 0.959.